The fourth-order valence-corrected chi connectivity index (χ4v) is 3.38. The largest absolute Gasteiger partial charge is 0.493 e. The Kier molecular flexibility index (Phi) is 10.3. The number of carboxylic acids is 1. The summed E-state index contributed by atoms with van der Waals surface area (Å²) in [4.78, 5) is 22.1. The number of aliphatic carboxylic acids is 1. The third kappa shape index (κ3) is 8.08. The maximum Gasteiger partial charge on any atom is 0.326 e. The molecule has 194 valence electrons. The number of nitrogens with zero attached hydrogens (tertiary/aromatic N) is 2. The molecule has 0 bridgehead atoms. The number of hydrazone groups is 1. The van der Waals surface area contributed by atoms with Crippen molar-refractivity contribution in [3.05, 3.63) is 57.1 Å². The van der Waals surface area contributed by atoms with E-state index in [0.29, 0.717) is 29.4 Å². The van der Waals surface area contributed by atoms with Gasteiger partial charge < -0.3 is 35.7 Å². The van der Waals surface area contributed by atoms with Crippen molar-refractivity contribution in [2.45, 2.75) is 25.8 Å². The number of nitro groups is 1. The van der Waals surface area contributed by atoms with Gasteiger partial charge in [0.1, 0.15) is 11.1 Å². The Balaban J connectivity index is 2.13. The number of ether oxygens (including phenoxy) is 3. The maximum absolute atomic E-state index is 11.8. The number of nitrogens with two attached hydrogens (primary N) is 1. The van der Waals surface area contributed by atoms with E-state index >= 15 is 0 Å². The van der Waals surface area contributed by atoms with Crippen molar-refractivity contribution < 1.29 is 29.1 Å². The van der Waals surface area contributed by atoms with Crippen LogP contribution < -0.4 is 30.6 Å². The van der Waals surface area contributed by atoms with Crippen LogP contribution in [-0.4, -0.2) is 56.0 Å². The Morgan fingerprint density at radius 3 is 2.33 bits per heavy atom. The van der Waals surface area contributed by atoms with Crippen LogP contribution in [0.4, 0.5) is 5.69 Å². The smallest absolute Gasteiger partial charge is 0.326 e. The molecule has 12 nitrogen and oxygen atoms in total. The van der Waals surface area contributed by atoms with Crippen molar-refractivity contribution in [3.8, 4) is 17.2 Å². The van der Waals surface area contributed by atoms with Crippen LogP contribution in [0.15, 0.2) is 35.4 Å². The van der Waals surface area contributed by atoms with E-state index in [1.165, 1.54) is 7.11 Å². The first-order valence-electron chi connectivity index (χ1n) is 11.0. The third-order valence-corrected chi connectivity index (χ3v) is 5.21. The molecule has 12 heteroatoms. The van der Waals surface area contributed by atoms with E-state index in [9.17, 15) is 20.0 Å². The van der Waals surface area contributed by atoms with E-state index in [2.05, 4.69) is 15.7 Å². The molecule has 0 amide bonds. The number of aryl methyl sites for hydroxylation is 1. The lowest BCUT2D eigenvalue weighted by Gasteiger charge is -2.18. The second kappa shape index (κ2) is 13.4. The molecule has 0 heterocycles. The molecule has 36 heavy (non-hydrogen) atoms. The number of methoxy groups -OCH3 is 3. The van der Waals surface area contributed by atoms with Crippen LogP contribution in [0.5, 0.6) is 17.2 Å². The topological polar surface area (TPSA) is 171 Å². The van der Waals surface area contributed by atoms with E-state index in [0.717, 1.165) is 16.7 Å². The molecular weight excluding hydrogens is 470 g/mol. The van der Waals surface area contributed by atoms with E-state index in [-0.39, 0.29) is 18.9 Å². The molecule has 0 radical (unpaired) electrons. The van der Waals surface area contributed by atoms with E-state index in [1.54, 1.807) is 14.2 Å². The van der Waals surface area contributed by atoms with Crippen LogP contribution in [0, 0.1) is 17.0 Å². The standard InChI is InChI=1S/C24H31N5O7/c1-15-7-8-16(9-10-17-13-20(34-2)22(36-4)21(14-17)35-3)12-19(15)27-18(23(30)31)6-5-11-26-24(25)28-29(32)33/h7-10,12-14,18,27H,5-6,11H2,1-4H3,(H,30,31)(H3,25,26,28). The van der Waals surface area contributed by atoms with Crippen LogP contribution in [0.25, 0.3) is 12.2 Å². The molecule has 0 aliphatic carbocycles. The maximum atomic E-state index is 11.8. The first kappa shape index (κ1) is 27.8. The molecule has 1 unspecified atom stereocenters. The lowest BCUT2D eigenvalue weighted by molar-refractivity contribution is -0.485. The highest BCUT2D eigenvalue weighted by molar-refractivity contribution is 5.79. The van der Waals surface area contributed by atoms with Gasteiger partial charge in [0.15, 0.2) is 16.5 Å². The predicted octanol–water partition coefficient (Wildman–Crippen LogP) is 2.93. The molecule has 5 N–H and O–H groups in total. The van der Waals surface area contributed by atoms with Gasteiger partial charge in [0.2, 0.25) is 5.75 Å². The zero-order chi connectivity index (χ0) is 26.7. The van der Waals surface area contributed by atoms with Crippen LogP contribution >= 0.6 is 0 Å². The normalized spacial score (nSPS) is 12.2. The van der Waals surface area contributed by atoms with Gasteiger partial charge in [0, 0.05) is 12.2 Å². The molecule has 2 aromatic carbocycles. The molecule has 0 saturated heterocycles. The monoisotopic (exact) mass is 501 g/mol. The fourth-order valence-electron chi connectivity index (χ4n) is 3.38. The first-order valence-corrected chi connectivity index (χ1v) is 11.0. The van der Waals surface area contributed by atoms with Gasteiger partial charge in [0.05, 0.1) is 21.3 Å². The number of rotatable bonds is 13. The second-order valence-electron chi connectivity index (χ2n) is 7.69. The van der Waals surface area contributed by atoms with E-state index in [4.69, 9.17) is 19.9 Å². The van der Waals surface area contributed by atoms with Gasteiger partial charge in [-0.25, -0.2) is 14.9 Å². The summed E-state index contributed by atoms with van der Waals surface area (Å²) in [6, 6.07) is 8.46. The molecule has 0 spiro atoms. The van der Waals surface area contributed by atoms with Gasteiger partial charge in [-0.3, -0.25) is 0 Å². The van der Waals surface area contributed by atoms with Gasteiger partial charge in [-0.1, -0.05) is 24.3 Å². The number of benzene rings is 2. The number of carbonyl (C=O) groups is 1. The number of anilines is 1. The summed E-state index contributed by atoms with van der Waals surface area (Å²) in [6.07, 6.45) is 4.44. The Labute approximate surface area is 208 Å². The SMILES string of the molecule is COc1cc(C=Cc2ccc(C)c(NC(CCCN/C(N)=N\[N+](=O)[O-])C(=O)O)c2)cc(OC)c1OC. The molecule has 2 rings (SSSR count). The van der Waals surface area contributed by atoms with Gasteiger partial charge in [-0.15, -0.1) is 0 Å². The number of nitrogens with one attached hydrogen (secondary N) is 2. The number of hydrogen-bond donors (Lipinski definition) is 4. The molecule has 0 aliphatic rings. The third-order valence-electron chi connectivity index (χ3n) is 5.21. The average molecular weight is 502 g/mol. The lowest BCUT2D eigenvalue weighted by Crippen LogP contribution is -2.35. The van der Waals surface area contributed by atoms with Gasteiger partial charge >= 0.3 is 5.97 Å². The zero-order valence-corrected chi connectivity index (χ0v) is 20.6. The molecule has 0 saturated carbocycles. The molecule has 1 atom stereocenters. The molecule has 0 fully saturated rings. The van der Waals surface area contributed by atoms with Crippen molar-refractivity contribution in [1.82, 2.24) is 5.32 Å². The number of carboxylic acid groups (broad SMARTS) is 1. The highest BCUT2D eigenvalue weighted by atomic mass is 16.7. The summed E-state index contributed by atoms with van der Waals surface area (Å²) in [5.74, 6) is 0.226. The zero-order valence-electron chi connectivity index (χ0n) is 20.6. The molecular formula is C24H31N5O7. The Bertz CT molecular complexity index is 1110. The Hall–Kier alpha value is -4.48. The quantitative estimate of drug-likeness (QED) is 0.0799. The van der Waals surface area contributed by atoms with Gasteiger partial charge in [0.25, 0.3) is 5.96 Å². The lowest BCUT2D eigenvalue weighted by atomic mass is 10.1. The van der Waals surface area contributed by atoms with Crippen molar-refractivity contribution in [2.24, 2.45) is 10.8 Å². The van der Waals surface area contributed by atoms with Gasteiger partial charge in [-0.2, -0.15) is 0 Å². The number of guanidine groups is 1. The molecule has 0 aromatic heterocycles. The van der Waals surface area contributed by atoms with Crippen LogP contribution in [0.3, 0.4) is 0 Å². The molecule has 2 aromatic rings. The second-order valence-corrected chi connectivity index (χ2v) is 7.69. The highest BCUT2D eigenvalue weighted by Crippen LogP contribution is 2.38. The van der Waals surface area contributed by atoms with Gasteiger partial charge in [-0.05, 0) is 54.7 Å². The number of hydrogen-bond acceptors (Lipinski definition) is 7. The van der Waals surface area contributed by atoms with Crippen molar-refractivity contribution in [3.63, 3.8) is 0 Å². The van der Waals surface area contributed by atoms with Crippen LogP contribution in [0.1, 0.15) is 29.5 Å². The summed E-state index contributed by atoms with van der Waals surface area (Å²) in [7, 11) is 4.64. The highest BCUT2D eigenvalue weighted by Gasteiger charge is 2.18. The fraction of sp³-hybridized carbons (Fsp3) is 0.333. The van der Waals surface area contributed by atoms with Crippen molar-refractivity contribution in [1.29, 1.82) is 0 Å². The Morgan fingerprint density at radius 1 is 1.14 bits per heavy atom. The van der Waals surface area contributed by atoms with Crippen LogP contribution in [-0.2, 0) is 4.79 Å². The summed E-state index contributed by atoms with van der Waals surface area (Å²) in [5, 5.41) is 27.6. The molecule has 0 aliphatic heterocycles. The van der Waals surface area contributed by atoms with Crippen molar-refractivity contribution >= 4 is 29.8 Å². The summed E-state index contributed by atoms with van der Waals surface area (Å²) in [6.45, 7) is 2.12. The van der Waals surface area contributed by atoms with E-state index < -0.39 is 17.0 Å². The van der Waals surface area contributed by atoms with Crippen molar-refractivity contribution in [2.75, 3.05) is 33.2 Å². The predicted molar refractivity (Wildman–Crippen MR) is 137 cm³/mol. The minimum Gasteiger partial charge on any atom is -0.493 e. The average Bonchev–Trinajstić information content (AvgIpc) is 2.84. The minimum absolute atomic E-state index is 0.241. The van der Waals surface area contributed by atoms with Crippen LogP contribution in [0.2, 0.25) is 0 Å². The first-order chi connectivity index (χ1) is 17.2. The summed E-state index contributed by atoms with van der Waals surface area (Å²) >= 11 is 0. The minimum atomic E-state index is -1.01. The summed E-state index contributed by atoms with van der Waals surface area (Å²) in [5.41, 5.74) is 8.61. The Morgan fingerprint density at radius 2 is 1.78 bits per heavy atom. The van der Waals surface area contributed by atoms with E-state index in [1.807, 2.05) is 49.4 Å². The summed E-state index contributed by atoms with van der Waals surface area (Å²) < 4.78 is 16.1.